The molecule has 2 rings (SSSR count). The van der Waals surface area contributed by atoms with E-state index in [2.05, 4.69) is 4.98 Å². The Kier molecular flexibility index (Phi) is 4.86. The van der Waals surface area contributed by atoms with Crippen LogP contribution in [0.4, 0.5) is 0 Å². The summed E-state index contributed by atoms with van der Waals surface area (Å²) in [6.45, 7) is 0.352. The van der Waals surface area contributed by atoms with Crippen LogP contribution >= 0.6 is 11.6 Å². The molecule has 1 aromatic rings. The first-order valence-electron chi connectivity index (χ1n) is 6.61. The second kappa shape index (κ2) is 6.24. The van der Waals surface area contributed by atoms with Gasteiger partial charge in [-0.3, -0.25) is 0 Å². The van der Waals surface area contributed by atoms with Gasteiger partial charge in [0.25, 0.3) is 10.0 Å². The van der Waals surface area contributed by atoms with Crippen LogP contribution in [0.1, 0.15) is 32.1 Å². The summed E-state index contributed by atoms with van der Waals surface area (Å²) >= 11 is 5.78. The van der Waals surface area contributed by atoms with Crippen molar-refractivity contribution in [1.29, 1.82) is 0 Å². The predicted octanol–water partition coefficient (Wildman–Crippen LogP) is 1.98. The third-order valence-electron chi connectivity index (χ3n) is 3.54. The van der Waals surface area contributed by atoms with Crippen molar-refractivity contribution in [2.24, 2.45) is 7.05 Å². The van der Waals surface area contributed by atoms with Crippen LogP contribution in [-0.4, -0.2) is 40.7 Å². The Morgan fingerprint density at radius 3 is 2.63 bits per heavy atom. The zero-order valence-electron chi connectivity index (χ0n) is 11.1. The Balaban J connectivity index is 2.26. The fourth-order valence-electron chi connectivity index (χ4n) is 2.59. The number of hydrogen-bond acceptors (Lipinski definition) is 3. The van der Waals surface area contributed by atoms with Crippen LogP contribution in [0.3, 0.4) is 0 Å². The number of alkyl halides is 1. The van der Waals surface area contributed by atoms with E-state index in [0.29, 0.717) is 12.4 Å². The molecule has 0 atom stereocenters. The normalized spacial score (nSPS) is 18.1. The van der Waals surface area contributed by atoms with Crippen molar-refractivity contribution in [3.05, 3.63) is 12.5 Å². The summed E-state index contributed by atoms with van der Waals surface area (Å²) in [6.07, 6.45) is 8.25. The highest BCUT2D eigenvalue weighted by Crippen LogP contribution is 2.27. The third-order valence-corrected chi connectivity index (χ3v) is 5.55. The van der Waals surface area contributed by atoms with Gasteiger partial charge in [0.05, 0.1) is 6.33 Å². The summed E-state index contributed by atoms with van der Waals surface area (Å²) in [6, 6.07) is 0.0690. The second-order valence-electron chi connectivity index (χ2n) is 4.97. The molecule has 1 aliphatic rings. The standard InChI is InChI=1S/C12H20ClN3O2S/c1-15-9-12(14-10-15)19(17,18)16(8-7-13)11-5-3-2-4-6-11/h9-11H,2-8H2,1H3. The van der Waals surface area contributed by atoms with E-state index in [4.69, 9.17) is 11.6 Å². The van der Waals surface area contributed by atoms with E-state index >= 15 is 0 Å². The largest absolute Gasteiger partial charge is 0.339 e. The van der Waals surface area contributed by atoms with Crippen molar-refractivity contribution in [2.45, 2.75) is 43.2 Å². The minimum absolute atomic E-state index is 0.0690. The maximum atomic E-state index is 12.6. The lowest BCUT2D eigenvalue weighted by atomic mass is 9.95. The van der Waals surface area contributed by atoms with Gasteiger partial charge in [-0.05, 0) is 12.8 Å². The van der Waals surface area contributed by atoms with Crippen molar-refractivity contribution in [3.63, 3.8) is 0 Å². The maximum Gasteiger partial charge on any atom is 0.262 e. The summed E-state index contributed by atoms with van der Waals surface area (Å²) in [7, 11) is -1.76. The van der Waals surface area contributed by atoms with Crippen molar-refractivity contribution >= 4 is 21.6 Å². The molecule has 0 spiro atoms. The van der Waals surface area contributed by atoms with E-state index in [0.717, 1.165) is 25.7 Å². The molecule has 0 aromatic carbocycles. The molecular formula is C12H20ClN3O2S. The zero-order chi connectivity index (χ0) is 13.9. The molecular weight excluding hydrogens is 286 g/mol. The lowest BCUT2D eigenvalue weighted by molar-refractivity contribution is 0.261. The van der Waals surface area contributed by atoms with Crippen molar-refractivity contribution < 1.29 is 8.42 Å². The Morgan fingerprint density at radius 1 is 1.42 bits per heavy atom. The highest BCUT2D eigenvalue weighted by molar-refractivity contribution is 7.89. The molecule has 7 heteroatoms. The fraction of sp³-hybridized carbons (Fsp3) is 0.750. The Morgan fingerprint density at radius 2 is 2.11 bits per heavy atom. The number of hydrogen-bond donors (Lipinski definition) is 0. The number of aromatic nitrogens is 2. The van der Waals surface area contributed by atoms with Gasteiger partial charge in [-0.2, -0.15) is 4.31 Å². The lowest BCUT2D eigenvalue weighted by Crippen LogP contribution is -2.42. The van der Waals surface area contributed by atoms with Gasteiger partial charge in [0.1, 0.15) is 0 Å². The maximum absolute atomic E-state index is 12.6. The molecule has 0 saturated heterocycles. The van der Waals surface area contributed by atoms with Gasteiger partial charge in [0, 0.05) is 31.7 Å². The number of nitrogens with zero attached hydrogens (tertiary/aromatic N) is 3. The van der Waals surface area contributed by atoms with Crippen LogP contribution in [-0.2, 0) is 17.1 Å². The van der Waals surface area contributed by atoms with Gasteiger partial charge in [-0.15, -0.1) is 11.6 Å². The number of imidazole rings is 1. The van der Waals surface area contributed by atoms with Crippen molar-refractivity contribution in [3.8, 4) is 0 Å². The quantitative estimate of drug-likeness (QED) is 0.782. The van der Waals surface area contributed by atoms with E-state index < -0.39 is 10.0 Å². The Labute approximate surface area is 119 Å². The molecule has 0 N–H and O–H groups in total. The monoisotopic (exact) mass is 305 g/mol. The first kappa shape index (κ1) is 14.8. The van der Waals surface area contributed by atoms with E-state index in [1.807, 2.05) is 0 Å². The summed E-state index contributed by atoms with van der Waals surface area (Å²) < 4.78 is 28.4. The van der Waals surface area contributed by atoms with Gasteiger partial charge < -0.3 is 4.57 Å². The van der Waals surface area contributed by atoms with Crippen LogP contribution in [0.5, 0.6) is 0 Å². The van der Waals surface area contributed by atoms with Gasteiger partial charge in [-0.1, -0.05) is 19.3 Å². The highest BCUT2D eigenvalue weighted by Gasteiger charge is 2.33. The zero-order valence-corrected chi connectivity index (χ0v) is 12.7. The fourth-order valence-corrected chi connectivity index (χ4v) is 4.53. The van der Waals surface area contributed by atoms with Crippen LogP contribution in [0.25, 0.3) is 0 Å². The summed E-state index contributed by atoms with van der Waals surface area (Å²) in [5.74, 6) is 0.308. The SMILES string of the molecule is Cn1cnc(S(=O)(=O)N(CCCl)C2CCCCC2)c1. The first-order valence-corrected chi connectivity index (χ1v) is 8.59. The first-order chi connectivity index (χ1) is 9.05. The van der Waals surface area contributed by atoms with Crippen LogP contribution in [0.2, 0.25) is 0 Å². The topological polar surface area (TPSA) is 55.2 Å². The number of sulfonamides is 1. The predicted molar refractivity (Wildman–Crippen MR) is 74.7 cm³/mol. The molecule has 1 aromatic heterocycles. The molecule has 0 amide bonds. The van der Waals surface area contributed by atoms with Crippen molar-refractivity contribution in [2.75, 3.05) is 12.4 Å². The average Bonchev–Trinajstić information content (AvgIpc) is 2.84. The summed E-state index contributed by atoms with van der Waals surface area (Å²) in [5, 5.41) is 0.116. The second-order valence-corrected chi connectivity index (χ2v) is 7.19. The van der Waals surface area contributed by atoms with Crippen LogP contribution in [0, 0.1) is 0 Å². The van der Waals surface area contributed by atoms with E-state index in [1.165, 1.54) is 12.7 Å². The van der Waals surface area contributed by atoms with E-state index in [-0.39, 0.29) is 11.1 Å². The van der Waals surface area contributed by atoms with Crippen molar-refractivity contribution in [1.82, 2.24) is 13.9 Å². The minimum atomic E-state index is -3.53. The molecule has 19 heavy (non-hydrogen) atoms. The average molecular weight is 306 g/mol. The molecule has 5 nitrogen and oxygen atoms in total. The van der Waals surface area contributed by atoms with Gasteiger partial charge >= 0.3 is 0 Å². The molecule has 1 fully saturated rings. The van der Waals surface area contributed by atoms with Crippen LogP contribution < -0.4 is 0 Å². The number of halogens is 1. The molecule has 1 aliphatic carbocycles. The smallest absolute Gasteiger partial charge is 0.262 e. The van der Waals surface area contributed by atoms with Gasteiger partial charge in [-0.25, -0.2) is 13.4 Å². The molecule has 108 valence electrons. The van der Waals surface area contributed by atoms with Crippen LogP contribution in [0.15, 0.2) is 17.6 Å². The Hall–Kier alpha value is -0.590. The number of rotatable bonds is 5. The third kappa shape index (κ3) is 3.30. The number of aryl methyl sites for hydroxylation is 1. The lowest BCUT2D eigenvalue weighted by Gasteiger charge is -2.32. The molecule has 1 saturated carbocycles. The minimum Gasteiger partial charge on any atom is -0.339 e. The summed E-state index contributed by atoms with van der Waals surface area (Å²) in [5.41, 5.74) is 0. The molecule has 0 bridgehead atoms. The summed E-state index contributed by atoms with van der Waals surface area (Å²) in [4.78, 5) is 3.98. The van der Waals surface area contributed by atoms with Gasteiger partial charge in [0.15, 0.2) is 5.03 Å². The molecule has 0 radical (unpaired) electrons. The molecule has 1 heterocycles. The Bertz CT molecular complexity index is 509. The van der Waals surface area contributed by atoms with Gasteiger partial charge in [0.2, 0.25) is 0 Å². The molecule has 0 aliphatic heterocycles. The van der Waals surface area contributed by atoms with E-state index in [1.54, 1.807) is 22.1 Å². The van der Waals surface area contributed by atoms with E-state index in [9.17, 15) is 8.42 Å². The highest BCUT2D eigenvalue weighted by atomic mass is 35.5. The molecule has 0 unspecified atom stereocenters.